The SMILES string of the molecule is COC[C@H](O)CN(C)[C@@H]1CCN(c2ccccc2)C1=O. The topological polar surface area (TPSA) is 53.0 Å². The monoisotopic (exact) mass is 278 g/mol. The predicted octanol–water partition coefficient (Wildman–Crippen LogP) is 0.731. The van der Waals surface area contributed by atoms with E-state index in [4.69, 9.17) is 4.74 Å². The predicted molar refractivity (Wildman–Crippen MR) is 77.7 cm³/mol. The summed E-state index contributed by atoms with van der Waals surface area (Å²) in [5, 5.41) is 9.76. The Labute approximate surface area is 119 Å². The number of aliphatic hydroxyl groups is 1. The van der Waals surface area contributed by atoms with Crippen molar-refractivity contribution < 1.29 is 14.6 Å². The van der Waals surface area contributed by atoms with E-state index in [9.17, 15) is 9.90 Å². The van der Waals surface area contributed by atoms with Crippen LogP contribution < -0.4 is 4.90 Å². The number of hydrogen-bond donors (Lipinski definition) is 1. The van der Waals surface area contributed by atoms with Gasteiger partial charge in [0.2, 0.25) is 5.91 Å². The third-order valence-corrected chi connectivity index (χ3v) is 3.63. The molecule has 1 aliphatic rings. The smallest absolute Gasteiger partial charge is 0.244 e. The lowest BCUT2D eigenvalue weighted by Gasteiger charge is -2.25. The molecule has 0 spiro atoms. The normalized spacial score (nSPS) is 20.7. The summed E-state index contributed by atoms with van der Waals surface area (Å²) in [7, 11) is 3.43. The molecule has 1 aromatic carbocycles. The first-order valence-electron chi connectivity index (χ1n) is 6.87. The molecular formula is C15H22N2O3. The Balaban J connectivity index is 1.97. The molecule has 0 saturated carbocycles. The molecule has 0 radical (unpaired) electrons. The Hall–Kier alpha value is -1.43. The first-order chi connectivity index (χ1) is 9.63. The molecule has 1 N–H and O–H groups in total. The third kappa shape index (κ3) is 3.36. The highest BCUT2D eigenvalue weighted by Gasteiger charge is 2.35. The second-order valence-corrected chi connectivity index (χ2v) is 5.18. The summed E-state index contributed by atoms with van der Waals surface area (Å²) in [4.78, 5) is 16.2. The molecule has 20 heavy (non-hydrogen) atoms. The van der Waals surface area contributed by atoms with Gasteiger partial charge in [-0.1, -0.05) is 18.2 Å². The molecule has 2 atom stereocenters. The number of methoxy groups -OCH3 is 1. The van der Waals surface area contributed by atoms with Crippen molar-refractivity contribution in [3.05, 3.63) is 30.3 Å². The summed E-state index contributed by atoms with van der Waals surface area (Å²) in [6, 6.07) is 9.53. The van der Waals surface area contributed by atoms with Gasteiger partial charge in [0.25, 0.3) is 0 Å². The second-order valence-electron chi connectivity index (χ2n) is 5.18. The quantitative estimate of drug-likeness (QED) is 0.833. The number of ether oxygens (including phenoxy) is 1. The highest BCUT2D eigenvalue weighted by Crippen LogP contribution is 2.23. The second kappa shape index (κ2) is 6.83. The van der Waals surface area contributed by atoms with Crippen molar-refractivity contribution in [1.82, 2.24) is 4.90 Å². The van der Waals surface area contributed by atoms with Crippen LogP contribution in [0.2, 0.25) is 0 Å². The first-order valence-corrected chi connectivity index (χ1v) is 6.87. The third-order valence-electron chi connectivity index (χ3n) is 3.63. The van der Waals surface area contributed by atoms with E-state index >= 15 is 0 Å². The van der Waals surface area contributed by atoms with Gasteiger partial charge < -0.3 is 14.7 Å². The maximum atomic E-state index is 12.5. The van der Waals surface area contributed by atoms with E-state index in [0.717, 1.165) is 18.7 Å². The number of hydrogen-bond acceptors (Lipinski definition) is 4. The number of rotatable bonds is 6. The number of para-hydroxylation sites is 1. The molecule has 110 valence electrons. The van der Waals surface area contributed by atoms with Crippen LogP contribution in [0.15, 0.2) is 30.3 Å². The van der Waals surface area contributed by atoms with Crippen molar-refractivity contribution in [2.45, 2.75) is 18.6 Å². The Bertz CT molecular complexity index is 438. The zero-order valence-corrected chi connectivity index (χ0v) is 12.0. The molecule has 1 heterocycles. The van der Waals surface area contributed by atoms with Crippen LogP contribution in [0.4, 0.5) is 5.69 Å². The fourth-order valence-corrected chi connectivity index (χ4v) is 2.64. The van der Waals surface area contributed by atoms with Crippen molar-refractivity contribution in [1.29, 1.82) is 0 Å². The Kier molecular flexibility index (Phi) is 5.11. The standard InChI is InChI=1S/C15H22N2O3/c1-16(10-13(18)11-20-2)14-8-9-17(15(14)19)12-6-4-3-5-7-12/h3-7,13-14,18H,8-11H2,1-2H3/t13-,14-/m1/s1. The summed E-state index contributed by atoms with van der Waals surface area (Å²) >= 11 is 0. The first kappa shape index (κ1) is 15.0. The molecule has 1 aliphatic heterocycles. The molecule has 1 amide bonds. The average molecular weight is 278 g/mol. The van der Waals surface area contributed by atoms with Crippen LogP contribution in [0.1, 0.15) is 6.42 Å². The highest BCUT2D eigenvalue weighted by atomic mass is 16.5. The van der Waals surface area contributed by atoms with Gasteiger partial charge in [-0.05, 0) is 25.6 Å². The van der Waals surface area contributed by atoms with Crippen molar-refractivity contribution in [3.8, 4) is 0 Å². The van der Waals surface area contributed by atoms with Gasteiger partial charge in [0.15, 0.2) is 0 Å². The van der Waals surface area contributed by atoms with Crippen LogP contribution in [0.5, 0.6) is 0 Å². The maximum Gasteiger partial charge on any atom is 0.244 e. The summed E-state index contributed by atoms with van der Waals surface area (Å²) in [5.41, 5.74) is 0.936. The number of amides is 1. The highest BCUT2D eigenvalue weighted by molar-refractivity contribution is 5.99. The van der Waals surface area contributed by atoms with Crippen molar-refractivity contribution >= 4 is 11.6 Å². The molecule has 0 aliphatic carbocycles. The Morgan fingerprint density at radius 1 is 1.45 bits per heavy atom. The average Bonchev–Trinajstić information content (AvgIpc) is 2.82. The number of nitrogens with zero attached hydrogens (tertiary/aromatic N) is 2. The molecule has 0 bridgehead atoms. The summed E-state index contributed by atoms with van der Waals surface area (Å²) < 4.78 is 4.91. The van der Waals surface area contributed by atoms with Crippen molar-refractivity contribution in [2.24, 2.45) is 0 Å². The summed E-state index contributed by atoms with van der Waals surface area (Å²) in [5.74, 6) is 0.100. The van der Waals surface area contributed by atoms with Gasteiger partial charge in [0.1, 0.15) is 0 Å². The molecule has 0 unspecified atom stereocenters. The van der Waals surface area contributed by atoms with Crippen LogP contribution in [0.3, 0.4) is 0 Å². The lowest BCUT2D eigenvalue weighted by Crippen LogP contribution is -2.43. The van der Waals surface area contributed by atoms with Crippen LogP contribution >= 0.6 is 0 Å². The Morgan fingerprint density at radius 3 is 2.80 bits per heavy atom. The number of anilines is 1. The van der Waals surface area contributed by atoms with E-state index < -0.39 is 6.10 Å². The number of aliphatic hydroxyl groups excluding tert-OH is 1. The number of carbonyl (C=O) groups is 1. The van der Waals surface area contributed by atoms with E-state index in [1.54, 1.807) is 7.11 Å². The van der Waals surface area contributed by atoms with E-state index in [0.29, 0.717) is 6.54 Å². The van der Waals surface area contributed by atoms with Gasteiger partial charge in [-0.2, -0.15) is 0 Å². The molecule has 5 heteroatoms. The largest absolute Gasteiger partial charge is 0.389 e. The Morgan fingerprint density at radius 2 is 2.15 bits per heavy atom. The molecular weight excluding hydrogens is 256 g/mol. The fraction of sp³-hybridized carbons (Fsp3) is 0.533. The van der Waals surface area contributed by atoms with Gasteiger partial charge in [-0.25, -0.2) is 0 Å². The number of likely N-dealkylation sites (N-methyl/N-ethyl adjacent to an activating group) is 1. The zero-order valence-electron chi connectivity index (χ0n) is 12.0. The summed E-state index contributed by atoms with van der Waals surface area (Å²) in [6.45, 7) is 1.44. The van der Waals surface area contributed by atoms with E-state index in [1.807, 2.05) is 47.2 Å². The van der Waals surface area contributed by atoms with Gasteiger partial charge in [0, 0.05) is 25.9 Å². The van der Waals surface area contributed by atoms with Gasteiger partial charge in [-0.15, -0.1) is 0 Å². The van der Waals surface area contributed by atoms with E-state index in [1.165, 1.54) is 0 Å². The maximum absolute atomic E-state index is 12.5. The van der Waals surface area contributed by atoms with Gasteiger partial charge in [0.05, 0.1) is 18.8 Å². The molecule has 1 aromatic rings. The molecule has 5 nitrogen and oxygen atoms in total. The molecule has 1 fully saturated rings. The lowest BCUT2D eigenvalue weighted by molar-refractivity contribution is -0.121. The number of carbonyl (C=O) groups excluding carboxylic acids is 1. The molecule has 1 saturated heterocycles. The van der Waals surface area contributed by atoms with Gasteiger partial charge in [-0.3, -0.25) is 9.69 Å². The minimum atomic E-state index is -0.566. The minimum Gasteiger partial charge on any atom is -0.389 e. The summed E-state index contributed by atoms with van der Waals surface area (Å²) in [6.07, 6.45) is 0.216. The molecule has 0 aromatic heterocycles. The number of benzene rings is 1. The lowest BCUT2D eigenvalue weighted by atomic mass is 10.2. The van der Waals surface area contributed by atoms with E-state index in [-0.39, 0.29) is 18.6 Å². The van der Waals surface area contributed by atoms with Crippen LogP contribution in [0, 0.1) is 0 Å². The fourth-order valence-electron chi connectivity index (χ4n) is 2.64. The van der Waals surface area contributed by atoms with Crippen LogP contribution in [0.25, 0.3) is 0 Å². The minimum absolute atomic E-state index is 0.100. The van der Waals surface area contributed by atoms with Crippen molar-refractivity contribution in [3.63, 3.8) is 0 Å². The zero-order chi connectivity index (χ0) is 14.5. The van der Waals surface area contributed by atoms with Crippen LogP contribution in [-0.4, -0.2) is 61.9 Å². The van der Waals surface area contributed by atoms with Gasteiger partial charge >= 0.3 is 0 Å². The van der Waals surface area contributed by atoms with E-state index in [2.05, 4.69) is 0 Å². The molecule has 2 rings (SSSR count). The van der Waals surface area contributed by atoms with Crippen LogP contribution in [-0.2, 0) is 9.53 Å². The van der Waals surface area contributed by atoms with Crippen molar-refractivity contribution in [2.75, 3.05) is 38.8 Å².